The number of sulfone groups is 1. The second-order valence-electron chi connectivity index (χ2n) is 9.34. The van der Waals surface area contributed by atoms with Gasteiger partial charge in [0.05, 0.1) is 27.8 Å². The van der Waals surface area contributed by atoms with Gasteiger partial charge in [-0.15, -0.1) is 0 Å². The molecule has 0 aliphatic carbocycles. The summed E-state index contributed by atoms with van der Waals surface area (Å²) in [5, 5.41) is 4.85. The van der Waals surface area contributed by atoms with Gasteiger partial charge < -0.3 is 25.0 Å². The van der Waals surface area contributed by atoms with E-state index >= 15 is 0 Å². The number of fused-ring (bicyclic) bond motifs is 3. The number of pyridine rings is 1. The number of aromatic amines is 1. The van der Waals surface area contributed by atoms with Crippen molar-refractivity contribution in [2.75, 3.05) is 39.0 Å². The Balaban J connectivity index is 1.71. The highest BCUT2D eigenvalue weighted by atomic mass is 35.5. The summed E-state index contributed by atoms with van der Waals surface area (Å²) in [6, 6.07) is 10.2. The van der Waals surface area contributed by atoms with Gasteiger partial charge in [0, 0.05) is 42.2 Å². The first-order valence-electron chi connectivity index (χ1n) is 12.4. The Labute approximate surface area is 236 Å². The molecule has 4 aromatic rings. The predicted octanol–water partition coefficient (Wildman–Crippen LogP) is 3.91. The van der Waals surface area contributed by atoms with Gasteiger partial charge in [0.1, 0.15) is 5.65 Å². The molecule has 0 unspecified atom stereocenters. The Morgan fingerprint density at radius 3 is 2.67 bits per heavy atom. The minimum Gasteiger partial charge on any atom is -0.351 e. The van der Waals surface area contributed by atoms with E-state index in [-0.39, 0.29) is 36.3 Å². The summed E-state index contributed by atoms with van der Waals surface area (Å²) in [7, 11) is -6.26. The van der Waals surface area contributed by atoms with Gasteiger partial charge in [-0.1, -0.05) is 30.7 Å². The first-order chi connectivity index (χ1) is 18.8. The monoisotopic (exact) mass is 608 g/mol. The van der Waals surface area contributed by atoms with Gasteiger partial charge in [-0.2, -0.15) is 0 Å². The van der Waals surface area contributed by atoms with E-state index in [0.717, 1.165) is 10.8 Å². The van der Waals surface area contributed by atoms with Crippen molar-refractivity contribution < 1.29 is 32.1 Å². The van der Waals surface area contributed by atoms with Gasteiger partial charge in [0.2, 0.25) is 0 Å². The van der Waals surface area contributed by atoms with Crippen LogP contribution in [0.15, 0.2) is 47.5 Å². The standard InChI is InChI=1S/C26H30ClN4O7PS/c1-4-40(36,37)19-7-5-6-17(12-19)21-14-20(26(32)28-8-9-31(3)10-11-38-39(33,34)35)16(2)24-23(21)22-13-18(27)15-29-25(22)30-24/h5-7,12-15H,4,8-11H2,1-3H3,(H,28,32)(H,29,30)(H2,33,34,35). The van der Waals surface area contributed by atoms with Crippen LogP contribution in [0.5, 0.6) is 0 Å². The van der Waals surface area contributed by atoms with Crippen molar-refractivity contribution in [1.29, 1.82) is 0 Å². The third kappa shape index (κ3) is 6.72. The van der Waals surface area contributed by atoms with Crippen LogP contribution < -0.4 is 5.32 Å². The summed E-state index contributed by atoms with van der Waals surface area (Å²) < 4.78 is 40.5. The maximum Gasteiger partial charge on any atom is 0.469 e. The van der Waals surface area contributed by atoms with Crippen LogP contribution in [-0.4, -0.2) is 78.0 Å². The van der Waals surface area contributed by atoms with E-state index < -0.39 is 17.7 Å². The molecular weight excluding hydrogens is 579 g/mol. The molecule has 0 saturated heterocycles. The molecule has 0 aliphatic heterocycles. The predicted molar refractivity (Wildman–Crippen MR) is 154 cm³/mol. The number of rotatable bonds is 11. The molecule has 0 spiro atoms. The third-order valence-electron chi connectivity index (χ3n) is 6.59. The van der Waals surface area contributed by atoms with Crippen LogP contribution in [0.1, 0.15) is 22.8 Å². The number of halogens is 1. The fourth-order valence-electron chi connectivity index (χ4n) is 4.44. The molecule has 2 aromatic carbocycles. The normalized spacial score (nSPS) is 12.5. The van der Waals surface area contributed by atoms with E-state index in [1.165, 1.54) is 6.20 Å². The van der Waals surface area contributed by atoms with Crippen LogP contribution >= 0.6 is 19.4 Å². The summed E-state index contributed by atoms with van der Waals surface area (Å²) in [6.45, 7) is 4.20. The Bertz CT molecular complexity index is 1740. The Hall–Kier alpha value is -2.83. The number of aryl methyl sites for hydroxylation is 1. The Morgan fingerprint density at radius 2 is 1.98 bits per heavy atom. The van der Waals surface area contributed by atoms with Crippen LogP contribution in [0, 0.1) is 6.92 Å². The number of nitrogens with zero attached hydrogens (tertiary/aromatic N) is 2. The third-order valence-corrected chi connectivity index (χ3v) is 9.05. The maximum absolute atomic E-state index is 13.4. The lowest BCUT2D eigenvalue weighted by Crippen LogP contribution is -2.34. The number of carbonyl (C=O) groups excluding carboxylic acids is 1. The summed E-state index contributed by atoms with van der Waals surface area (Å²) in [4.78, 5) is 40.6. The zero-order chi connectivity index (χ0) is 29.2. The number of hydrogen-bond acceptors (Lipinski definition) is 7. The van der Waals surface area contributed by atoms with Gasteiger partial charge in [0.25, 0.3) is 5.91 Å². The number of hydrogen-bond donors (Lipinski definition) is 4. The first-order valence-corrected chi connectivity index (χ1v) is 16.0. The van der Waals surface area contributed by atoms with Crippen molar-refractivity contribution in [3.63, 3.8) is 0 Å². The number of phosphoric ester groups is 1. The average Bonchev–Trinajstić information content (AvgIpc) is 3.27. The summed E-state index contributed by atoms with van der Waals surface area (Å²) in [6.07, 6.45) is 1.53. The molecule has 0 aliphatic rings. The molecule has 14 heteroatoms. The molecule has 0 atom stereocenters. The highest BCUT2D eigenvalue weighted by Crippen LogP contribution is 2.39. The van der Waals surface area contributed by atoms with Crippen molar-refractivity contribution in [1.82, 2.24) is 20.2 Å². The van der Waals surface area contributed by atoms with Gasteiger partial charge >= 0.3 is 7.82 Å². The van der Waals surface area contributed by atoms with Crippen molar-refractivity contribution in [2.45, 2.75) is 18.7 Å². The van der Waals surface area contributed by atoms with Crippen LogP contribution in [0.4, 0.5) is 0 Å². The van der Waals surface area contributed by atoms with Crippen LogP contribution in [-0.2, 0) is 18.9 Å². The van der Waals surface area contributed by atoms with Gasteiger partial charge in [-0.05, 0) is 54.9 Å². The number of phosphoric acid groups is 1. The summed E-state index contributed by atoms with van der Waals surface area (Å²) in [5.41, 5.74) is 3.63. The molecule has 4 rings (SSSR count). The lowest BCUT2D eigenvalue weighted by Gasteiger charge is -2.18. The topological polar surface area (TPSA) is 162 Å². The van der Waals surface area contributed by atoms with E-state index in [4.69, 9.17) is 21.4 Å². The number of nitrogens with one attached hydrogen (secondary N) is 2. The van der Waals surface area contributed by atoms with E-state index in [9.17, 15) is 17.8 Å². The largest absolute Gasteiger partial charge is 0.469 e. The van der Waals surface area contributed by atoms with E-state index in [2.05, 4.69) is 19.8 Å². The molecule has 0 fully saturated rings. The lowest BCUT2D eigenvalue weighted by atomic mass is 9.94. The minimum atomic E-state index is -4.53. The number of benzene rings is 2. The SMILES string of the molecule is CCS(=O)(=O)c1cccc(-c2cc(C(=O)NCCN(C)CCOP(=O)(O)O)c(C)c3[nH]c4ncc(Cl)cc4c23)c1. The second kappa shape index (κ2) is 12.0. The molecule has 0 radical (unpaired) electrons. The highest BCUT2D eigenvalue weighted by Gasteiger charge is 2.21. The maximum atomic E-state index is 13.4. The van der Waals surface area contributed by atoms with Crippen LogP contribution in [0.2, 0.25) is 5.02 Å². The molecule has 2 heterocycles. The smallest absolute Gasteiger partial charge is 0.351 e. The summed E-state index contributed by atoms with van der Waals surface area (Å²) >= 11 is 6.27. The molecule has 0 bridgehead atoms. The minimum absolute atomic E-state index is 0.0418. The second-order valence-corrected chi connectivity index (χ2v) is 13.3. The van der Waals surface area contributed by atoms with Crippen LogP contribution in [0.25, 0.3) is 33.1 Å². The Morgan fingerprint density at radius 1 is 1.23 bits per heavy atom. The fraction of sp³-hybridized carbons (Fsp3) is 0.308. The van der Waals surface area contributed by atoms with Gasteiger partial charge in [-0.25, -0.2) is 18.0 Å². The van der Waals surface area contributed by atoms with Crippen molar-refractivity contribution >= 4 is 57.1 Å². The quantitative estimate of drug-likeness (QED) is 0.185. The van der Waals surface area contributed by atoms with Gasteiger partial charge in [-0.3, -0.25) is 9.32 Å². The van der Waals surface area contributed by atoms with E-state index in [0.29, 0.717) is 45.0 Å². The zero-order valence-corrected chi connectivity index (χ0v) is 24.6. The number of likely N-dealkylation sites (N-methyl/N-ethyl adjacent to an activating group) is 1. The Kier molecular flexibility index (Phi) is 9.01. The number of amides is 1. The molecule has 11 nitrogen and oxygen atoms in total. The fourth-order valence-corrected chi connectivity index (χ4v) is 5.84. The molecule has 2 aromatic heterocycles. The molecule has 40 heavy (non-hydrogen) atoms. The molecule has 1 amide bonds. The number of aromatic nitrogens is 2. The number of H-pyrrole nitrogens is 1. The van der Waals surface area contributed by atoms with E-state index in [1.54, 1.807) is 55.3 Å². The van der Waals surface area contributed by atoms with Crippen molar-refractivity contribution in [3.05, 3.63) is 58.7 Å². The van der Waals surface area contributed by atoms with Crippen molar-refractivity contribution in [3.8, 4) is 11.1 Å². The molecule has 0 saturated carbocycles. The summed E-state index contributed by atoms with van der Waals surface area (Å²) in [5.74, 6) is -0.373. The highest BCUT2D eigenvalue weighted by molar-refractivity contribution is 7.91. The van der Waals surface area contributed by atoms with Crippen LogP contribution in [0.3, 0.4) is 0 Å². The average molecular weight is 609 g/mol. The van der Waals surface area contributed by atoms with E-state index in [1.807, 2.05) is 6.92 Å². The lowest BCUT2D eigenvalue weighted by molar-refractivity contribution is 0.0948. The molecule has 4 N–H and O–H groups in total. The number of carbonyl (C=O) groups is 1. The molecule has 214 valence electrons. The first kappa shape index (κ1) is 30.1. The van der Waals surface area contributed by atoms with Crippen molar-refractivity contribution in [2.24, 2.45) is 0 Å². The molecular formula is C26H30ClN4O7PS. The zero-order valence-electron chi connectivity index (χ0n) is 22.1. The van der Waals surface area contributed by atoms with Gasteiger partial charge in [0.15, 0.2) is 9.84 Å².